The number of nitrogens with zero attached hydrogens (tertiary/aromatic N) is 3. The van der Waals surface area contributed by atoms with Gasteiger partial charge in [-0.25, -0.2) is 4.68 Å². The molecule has 7 nitrogen and oxygen atoms in total. The molecule has 0 radical (unpaired) electrons. The minimum Gasteiger partial charge on any atom is -0.371 e. The molecule has 4 aliphatic rings. The summed E-state index contributed by atoms with van der Waals surface area (Å²) in [5.74, 6) is 1.11. The molecule has 4 fully saturated rings. The predicted octanol–water partition coefficient (Wildman–Crippen LogP) is 2.02. The molecule has 4 unspecified atom stereocenters. The van der Waals surface area contributed by atoms with Crippen molar-refractivity contribution in [3.8, 4) is 0 Å². The number of hydrogen-bond acceptors (Lipinski definition) is 5. The van der Waals surface area contributed by atoms with Crippen LogP contribution in [0.4, 0.5) is 0 Å². The number of rotatable bonds is 5. The highest BCUT2D eigenvalue weighted by atomic mass is 16.6. The van der Waals surface area contributed by atoms with Crippen LogP contribution in [0.1, 0.15) is 63.1 Å². The van der Waals surface area contributed by atoms with Crippen LogP contribution in [0.15, 0.2) is 6.20 Å². The molecule has 2 aliphatic carbocycles. The zero-order valence-electron chi connectivity index (χ0n) is 15.9. The maximum atomic E-state index is 12.3. The van der Waals surface area contributed by atoms with Gasteiger partial charge in [0.05, 0.1) is 24.9 Å². The molecule has 2 aliphatic heterocycles. The SMILES string of the molecule is O=C(NC1COC2C1OCC2n1cc(CC2CCCCC2)nn1)C1CCC1. The Balaban J connectivity index is 1.19. The van der Waals surface area contributed by atoms with Crippen LogP contribution in [0.5, 0.6) is 0 Å². The molecule has 0 spiro atoms. The van der Waals surface area contributed by atoms with Gasteiger partial charge in [0.25, 0.3) is 0 Å². The normalized spacial score (nSPS) is 34.4. The number of ether oxygens (including phenoxy) is 2. The Labute approximate surface area is 160 Å². The topological polar surface area (TPSA) is 78.3 Å². The fraction of sp³-hybridized carbons (Fsp3) is 0.850. The first kappa shape index (κ1) is 17.6. The number of carbonyl (C=O) groups is 1. The molecular formula is C20H30N4O3. The molecule has 2 saturated carbocycles. The maximum absolute atomic E-state index is 12.3. The standard InChI is InChI=1S/C20H30N4O3/c25-20(14-7-4-8-14)21-16-11-26-19-17(12-27-18(16)19)24-10-15(22-23-24)9-13-5-2-1-3-6-13/h10,13-14,16-19H,1-9,11-12H2,(H,21,25). The van der Waals surface area contributed by atoms with Crippen LogP contribution in [0, 0.1) is 11.8 Å². The third-order valence-corrected chi connectivity index (χ3v) is 6.95. The predicted molar refractivity (Wildman–Crippen MR) is 98.1 cm³/mol. The van der Waals surface area contributed by atoms with Crippen molar-refractivity contribution in [2.45, 2.75) is 82.1 Å². The summed E-state index contributed by atoms with van der Waals surface area (Å²) in [5, 5.41) is 11.9. The summed E-state index contributed by atoms with van der Waals surface area (Å²) in [6, 6.07) is 0.00606. The van der Waals surface area contributed by atoms with E-state index in [1.807, 2.05) is 4.68 Å². The first-order chi connectivity index (χ1) is 13.3. The van der Waals surface area contributed by atoms with Crippen molar-refractivity contribution >= 4 is 5.91 Å². The fourth-order valence-corrected chi connectivity index (χ4v) is 5.06. The molecule has 4 atom stereocenters. The third kappa shape index (κ3) is 3.51. The molecule has 1 N–H and O–H groups in total. The summed E-state index contributed by atoms with van der Waals surface area (Å²) in [7, 11) is 0. The van der Waals surface area contributed by atoms with Crippen LogP contribution < -0.4 is 5.32 Å². The summed E-state index contributed by atoms with van der Waals surface area (Å²) in [4.78, 5) is 12.3. The molecule has 5 rings (SSSR count). The van der Waals surface area contributed by atoms with Gasteiger partial charge in [0.1, 0.15) is 18.2 Å². The van der Waals surface area contributed by atoms with Crippen LogP contribution >= 0.6 is 0 Å². The highest BCUT2D eigenvalue weighted by Gasteiger charge is 2.49. The van der Waals surface area contributed by atoms with Gasteiger partial charge in [0.2, 0.25) is 5.91 Å². The van der Waals surface area contributed by atoms with Crippen LogP contribution in [-0.2, 0) is 20.7 Å². The molecule has 7 heteroatoms. The quantitative estimate of drug-likeness (QED) is 0.853. The van der Waals surface area contributed by atoms with E-state index in [0.717, 1.165) is 30.9 Å². The van der Waals surface area contributed by atoms with Crippen molar-refractivity contribution in [2.24, 2.45) is 11.8 Å². The Morgan fingerprint density at radius 1 is 1.07 bits per heavy atom. The van der Waals surface area contributed by atoms with E-state index in [2.05, 4.69) is 21.8 Å². The highest BCUT2D eigenvalue weighted by molar-refractivity contribution is 5.79. The smallest absolute Gasteiger partial charge is 0.223 e. The van der Waals surface area contributed by atoms with E-state index in [0.29, 0.717) is 13.2 Å². The molecule has 0 aromatic carbocycles. The molecule has 0 bridgehead atoms. The molecule has 148 valence electrons. The van der Waals surface area contributed by atoms with Gasteiger partial charge >= 0.3 is 0 Å². The minimum atomic E-state index is -0.0787. The van der Waals surface area contributed by atoms with Gasteiger partial charge in [-0.15, -0.1) is 5.10 Å². The van der Waals surface area contributed by atoms with Crippen molar-refractivity contribution in [3.63, 3.8) is 0 Å². The lowest BCUT2D eigenvalue weighted by Gasteiger charge is -2.27. The molecule has 3 heterocycles. The van der Waals surface area contributed by atoms with E-state index < -0.39 is 0 Å². The number of hydrogen-bond donors (Lipinski definition) is 1. The van der Waals surface area contributed by atoms with Crippen LogP contribution in [0.2, 0.25) is 0 Å². The Bertz CT molecular complexity index is 668. The average molecular weight is 374 g/mol. The lowest BCUT2D eigenvalue weighted by Crippen LogP contribution is -2.47. The monoisotopic (exact) mass is 374 g/mol. The fourth-order valence-electron chi connectivity index (χ4n) is 5.06. The maximum Gasteiger partial charge on any atom is 0.223 e. The third-order valence-electron chi connectivity index (χ3n) is 6.95. The molecule has 27 heavy (non-hydrogen) atoms. The number of fused-ring (bicyclic) bond motifs is 1. The van der Waals surface area contributed by atoms with Gasteiger partial charge in [0, 0.05) is 12.1 Å². The number of nitrogens with one attached hydrogen (secondary N) is 1. The van der Waals surface area contributed by atoms with E-state index >= 15 is 0 Å². The zero-order valence-corrected chi connectivity index (χ0v) is 15.9. The minimum absolute atomic E-state index is 0.0432. The van der Waals surface area contributed by atoms with Crippen LogP contribution in [0.25, 0.3) is 0 Å². The summed E-state index contributed by atoms with van der Waals surface area (Å²) >= 11 is 0. The number of carbonyl (C=O) groups excluding carboxylic acids is 1. The summed E-state index contributed by atoms with van der Waals surface area (Å²) < 4.78 is 14.0. The van der Waals surface area contributed by atoms with E-state index in [4.69, 9.17) is 9.47 Å². The molecule has 1 amide bonds. The summed E-state index contributed by atoms with van der Waals surface area (Å²) in [6.45, 7) is 1.09. The molecular weight excluding hydrogens is 344 g/mol. The largest absolute Gasteiger partial charge is 0.371 e. The van der Waals surface area contributed by atoms with Gasteiger partial charge < -0.3 is 14.8 Å². The lowest BCUT2D eigenvalue weighted by molar-refractivity contribution is -0.128. The summed E-state index contributed by atoms with van der Waals surface area (Å²) in [6.07, 6.45) is 12.9. The van der Waals surface area contributed by atoms with Gasteiger partial charge in [0.15, 0.2) is 0 Å². The molecule has 1 aromatic heterocycles. The second-order valence-corrected chi connectivity index (χ2v) is 8.80. The number of amides is 1. The van der Waals surface area contributed by atoms with E-state index in [1.165, 1.54) is 38.5 Å². The van der Waals surface area contributed by atoms with Crippen molar-refractivity contribution in [3.05, 3.63) is 11.9 Å². The first-order valence-corrected chi connectivity index (χ1v) is 10.7. The Morgan fingerprint density at radius 2 is 1.89 bits per heavy atom. The Hall–Kier alpha value is -1.47. The second-order valence-electron chi connectivity index (χ2n) is 8.80. The Morgan fingerprint density at radius 3 is 2.67 bits per heavy atom. The van der Waals surface area contributed by atoms with E-state index in [-0.39, 0.29) is 36.1 Å². The van der Waals surface area contributed by atoms with Crippen LogP contribution in [-0.4, -0.2) is 52.4 Å². The van der Waals surface area contributed by atoms with E-state index in [9.17, 15) is 4.79 Å². The molecule has 1 aromatic rings. The van der Waals surface area contributed by atoms with Gasteiger partial charge in [-0.05, 0) is 25.2 Å². The van der Waals surface area contributed by atoms with Crippen molar-refractivity contribution in [1.82, 2.24) is 20.3 Å². The zero-order chi connectivity index (χ0) is 18.2. The van der Waals surface area contributed by atoms with Gasteiger partial charge in [-0.1, -0.05) is 43.7 Å². The van der Waals surface area contributed by atoms with Gasteiger partial charge in [-0.3, -0.25) is 4.79 Å². The lowest BCUT2D eigenvalue weighted by atomic mass is 9.84. The van der Waals surface area contributed by atoms with Crippen molar-refractivity contribution < 1.29 is 14.3 Å². The second kappa shape index (κ2) is 7.51. The van der Waals surface area contributed by atoms with Crippen molar-refractivity contribution in [1.29, 1.82) is 0 Å². The Kier molecular flexibility index (Phi) is 4.90. The highest BCUT2D eigenvalue weighted by Crippen LogP contribution is 2.35. The van der Waals surface area contributed by atoms with Crippen LogP contribution in [0.3, 0.4) is 0 Å². The average Bonchev–Trinajstić information content (AvgIpc) is 3.32. The molecule has 2 saturated heterocycles. The van der Waals surface area contributed by atoms with E-state index in [1.54, 1.807) is 0 Å². The number of aromatic nitrogens is 3. The summed E-state index contributed by atoms with van der Waals surface area (Å²) in [5.41, 5.74) is 1.08. The first-order valence-electron chi connectivity index (χ1n) is 10.7. The van der Waals surface area contributed by atoms with Gasteiger partial charge in [-0.2, -0.15) is 0 Å². The van der Waals surface area contributed by atoms with Crippen molar-refractivity contribution in [2.75, 3.05) is 13.2 Å².